The summed E-state index contributed by atoms with van der Waals surface area (Å²) in [6.45, 7) is 3.36. The van der Waals surface area contributed by atoms with Gasteiger partial charge < -0.3 is 14.8 Å². The summed E-state index contributed by atoms with van der Waals surface area (Å²) in [4.78, 5) is 22.5. The molecule has 0 saturated carbocycles. The van der Waals surface area contributed by atoms with Crippen LogP contribution in [0.5, 0.6) is 0 Å². The van der Waals surface area contributed by atoms with Gasteiger partial charge in [0, 0.05) is 5.56 Å². The number of amides is 1. The van der Waals surface area contributed by atoms with Crippen LogP contribution in [0.1, 0.15) is 23.0 Å². The Labute approximate surface area is 116 Å². The van der Waals surface area contributed by atoms with Crippen molar-refractivity contribution in [2.24, 2.45) is 0 Å². The van der Waals surface area contributed by atoms with Crippen molar-refractivity contribution in [3.05, 3.63) is 47.7 Å². The Morgan fingerprint density at radius 1 is 1.25 bits per heavy atom. The van der Waals surface area contributed by atoms with Gasteiger partial charge in [0.25, 0.3) is 5.91 Å². The minimum Gasteiger partial charge on any atom is -0.480 e. The number of hydrogen-bond donors (Lipinski definition) is 2. The van der Waals surface area contributed by atoms with E-state index in [0.29, 0.717) is 5.76 Å². The standard InChI is InChI=1S/C15H15NO4/c1-9-4-3-5-11(8-9)12-6-7-13(20-12)14(17)16-10(2)15(18)19/h3-8,10H,1-2H3,(H,16,17)(H,18,19). The predicted octanol–water partition coefficient (Wildman–Crippen LogP) is 2.46. The van der Waals surface area contributed by atoms with E-state index in [2.05, 4.69) is 5.32 Å². The van der Waals surface area contributed by atoms with Gasteiger partial charge in [-0.2, -0.15) is 0 Å². The second-order valence-electron chi connectivity index (χ2n) is 4.57. The summed E-state index contributed by atoms with van der Waals surface area (Å²) in [7, 11) is 0. The van der Waals surface area contributed by atoms with Crippen molar-refractivity contribution in [2.75, 3.05) is 0 Å². The van der Waals surface area contributed by atoms with Gasteiger partial charge in [-0.3, -0.25) is 9.59 Å². The second-order valence-corrected chi connectivity index (χ2v) is 4.57. The first-order valence-electron chi connectivity index (χ1n) is 6.18. The van der Waals surface area contributed by atoms with Crippen molar-refractivity contribution in [1.82, 2.24) is 5.32 Å². The first-order chi connectivity index (χ1) is 9.47. The van der Waals surface area contributed by atoms with Gasteiger partial charge in [0.05, 0.1) is 0 Å². The van der Waals surface area contributed by atoms with Crippen LogP contribution in [0.15, 0.2) is 40.8 Å². The molecule has 1 aromatic heterocycles. The molecule has 2 aromatic rings. The van der Waals surface area contributed by atoms with Crippen LogP contribution in [0.3, 0.4) is 0 Å². The number of carbonyl (C=O) groups excluding carboxylic acids is 1. The molecule has 0 aliphatic rings. The van der Waals surface area contributed by atoms with E-state index in [4.69, 9.17) is 9.52 Å². The Bertz CT molecular complexity index is 645. The van der Waals surface area contributed by atoms with E-state index < -0.39 is 17.9 Å². The third kappa shape index (κ3) is 3.06. The molecule has 0 fully saturated rings. The Hall–Kier alpha value is -2.56. The molecule has 1 heterocycles. The van der Waals surface area contributed by atoms with E-state index >= 15 is 0 Å². The SMILES string of the molecule is Cc1cccc(-c2ccc(C(=O)NC(C)C(=O)O)o2)c1. The summed E-state index contributed by atoms with van der Waals surface area (Å²) in [5.74, 6) is -0.973. The van der Waals surface area contributed by atoms with Crippen molar-refractivity contribution >= 4 is 11.9 Å². The lowest BCUT2D eigenvalue weighted by Crippen LogP contribution is -2.38. The number of furan rings is 1. The van der Waals surface area contributed by atoms with Crippen molar-refractivity contribution in [1.29, 1.82) is 0 Å². The summed E-state index contributed by atoms with van der Waals surface area (Å²) >= 11 is 0. The number of carboxylic acid groups (broad SMARTS) is 1. The van der Waals surface area contributed by atoms with Crippen LogP contribution in [0.2, 0.25) is 0 Å². The van der Waals surface area contributed by atoms with Gasteiger partial charge in [-0.15, -0.1) is 0 Å². The van der Waals surface area contributed by atoms with E-state index in [0.717, 1.165) is 11.1 Å². The van der Waals surface area contributed by atoms with Gasteiger partial charge in [-0.1, -0.05) is 23.8 Å². The summed E-state index contributed by atoms with van der Waals surface area (Å²) in [6, 6.07) is 9.95. The minimum absolute atomic E-state index is 0.0922. The fourth-order valence-corrected chi connectivity index (χ4v) is 1.74. The van der Waals surface area contributed by atoms with Crippen LogP contribution in [0, 0.1) is 6.92 Å². The number of aliphatic carboxylic acids is 1. The van der Waals surface area contributed by atoms with E-state index in [1.54, 1.807) is 6.07 Å². The molecule has 0 aliphatic carbocycles. The number of rotatable bonds is 4. The molecule has 1 atom stereocenters. The average molecular weight is 273 g/mol. The molecular formula is C15H15NO4. The second kappa shape index (κ2) is 5.61. The zero-order chi connectivity index (χ0) is 14.7. The third-order valence-corrected chi connectivity index (χ3v) is 2.85. The van der Waals surface area contributed by atoms with Crippen molar-refractivity contribution < 1.29 is 19.1 Å². The first kappa shape index (κ1) is 13.9. The number of hydrogen-bond acceptors (Lipinski definition) is 3. The number of nitrogens with one attached hydrogen (secondary N) is 1. The topological polar surface area (TPSA) is 79.5 Å². The molecule has 2 N–H and O–H groups in total. The highest BCUT2D eigenvalue weighted by Gasteiger charge is 2.18. The molecule has 0 bridgehead atoms. The lowest BCUT2D eigenvalue weighted by Gasteiger charge is -2.07. The quantitative estimate of drug-likeness (QED) is 0.896. The summed E-state index contributed by atoms with van der Waals surface area (Å²) in [6.07, 6.45) is 0. The molecule has 0 spiro atoms. The maximum atomic E-state index is 11.8. The van der Waals surface area contributed by atoms with Crippen molar-refractivity contribution in [3.63, 3.8) is 0 Å². The van der Waals surface area contributed by atoms with E-state index in [1.165, 1.54) is 13.0 Å². The molecule has 1 unspecified atom stereocenters. The van der Waals surface area contributed by atoms with Crippen molar-refractivity contribution in [3.8, 4) is 11.3 Å². The molecule has 104 valence electrons. The molecule has 1 aromatic carbocycles. The lowest BCUT2D eigenvalue weighted by molar-refractivity contribution is -0.138. The smallest absolute Gasteiger partial charge is 0.325 e. The largest absolute Gasteiger partial charge is 0.480 e. The fraction of sp³-hybridized carbons (Fsp3) is 0.200. The minimum atomic E-state index is -1.09. The summed E-state index contributed by atoms with van der Waals surface area (Å²) in [5, 5.41) is 11.1. The fourth-order valence-electron chi connectivity index (χ4n) is 1.74. The van der Waals surface area contributed by atoms with Gasteiger partial charge in [0.1, 0.15) is 11.8 Å². The highest BCUT2D eigenvalue weighted by Crippen LogP contribution is 2.22. The molecule has 1 amide bonds. The highest BCUT2D eigenvalue weighted by atomic mass is 16.4. The Morgan fingerprint density at radius 3 is 2.65 bits per heavy atom. The van der Waals surface area contributed by atoms with E-state index in [9.17, 15) is 9.59 Å². The molecule has 2 rings (SSSR count). The Kier molecular flexibility index (Phi) is 3.89. The van der Waals surface area contributed by atoms with Gasteiger partial charge in [0.2, 0.25) is 0 Å². The zero-order valence-electron chi connectivity index (χ0n) is 11.2. The molecule has 20 heavy (non-hydrogen) atoms. The average Bonchev–Trinajstić information content (AvgIpc) is 2.88. The molecular weight excluding hydrogens is 258 g/mol. The van der Waals surface area contributed by atoms with Gasteiger partial charge in [-0.25, -0.2) is 0 Å². The van der Waals surface area contributed by atoms with Crippen LogP contribution in [0.4, 0.5) is 0 Å². The van der Waals surface area contributed by atoms with Gasteiger partial charge in [-0.05, 0) is 32.0 Å². The molecule has 5 nitrogen and oxygen atoms in total. The lowest BCUT2D eigenvalue weighted by atomic mass is 10.1. The highest BCUT2D eigenvalue weighted by molar-refractivity contribution is 5.94. The molecule has 5 heteroatoms. The van der Waals surface area contributed by atoms with Crippen LogP contribution in [0.25, 0.3) is 11.3 Å². The Morgan fingerprint density at radius 2 is 2.00 bits per heavy atom. The van der Waals surface area contributed by atoms with Crippen LogP contribution < -0.4 is 5.32 Å². The van der Waals surface area contributed by atoms with E-state index in [1.807, 2.05) is 31.2 Å². The zero-order valence-corrected chi connectivity index (χ0v) is 11.2. The monoisotopic (exact) mass is 273 g/mol. The van der Waals surface area contributed by atoms with E-state index in [-0.39, 0.29) is 5.76 Å². The van der Waals surface area contributed by atoms with Crippen molar-refractivity contribution in [2.45, 2.75) is 19.9 Å². The predicted molar refractivity (Wildman–Crippen MR) is 73.4 cm³/mol. The maximum absolute atomic E-state index is 11.8. The molecule has 0 aliphatic heterocycles. The van der Waals surface area contributed by atoms with Gasteiger partial charge >= 0.3 is 5.97 Å². The first-order valence-corrected chi connectivity index (χ1v) is 6.18. The number of carbonyl (C=O) groups is 2. The molecule has 0 radical (unpaired) electrons. The van der Waals surface area contributed by atoms with Crippen LogP contribution in [-0.2, 0) is 4.79 Å². The normalized spacial score (nSPS) is 11.9. The van der Waals surface area contributed by atoms with Gasteiger partial charge in [0.15, 0.2) is 5.76 Å². The number of benzene rings is 1. The van der Waals surface area contributed by atoms with Crippen LogP contribution >= 0.6 is 0 Å². The third-order valence-electron chi connectivity index (χ3n) is 2.85. The molecule has 0 saturated heterocycles. The Balaban J connectivity index is 2.17. The maximum Gasteiger partial charge on any atom is 0.325 e. The summed E-state index contributed by atoms with van der Waals surface area (Å²) in [5.41, 5.74) is 1.96. The summed E-state index contributed by atoms with van der Waals surface area (Å²) < 4.78 is 5.46. The van der Waals surface area contributed by atoms with Crippen LogP contribution in [-0.4, -0.2) is 23.0 Å². The number of carboxylic acids is 1. The number of aryl methyl sites for hydroxylation is 1.